The van der Waals surface area contributed by atoms with Gasteiger partial charge < -0.3 is 10.1 Å². The van der Waals surface area contributed by atoms with E-state index in [-0.39, 0.29) is 11.8 Å². The van der Waals surface area contributed by atoms with E-state index in [2.05, 4.69) is 11.4 Å². The molecule has 3 nitrogen and oxygen atoms in total. The zero-order chi connectivity index (χ0) is 15.0. The van der Waals surface area contributed by atoms with Crippen LogP contribution in [0.2, 0.25) is 0 Å². The third-order valence-corrected chi connectivity index (χ3v) is 4.09. The maximum Gasteiger partial charge on any atom is 0.185 e. The molecule has 2 aromatic rings. The second kappa shape index (κ2) is 5.24. The maximum absolute atomic E-state index is 12.8. The molecule has 21 heavy (non-hydrogen) atoms. The molecule has 0 radical (unpaired) electrons. The van der Waals surface area contributed by atoms with Crippen LogP contribution in [0.1, 0.15) is 27.0 Å². The summed E-state index contributed by atoms with van der Waals surface area (Å²) in [6.07, 6.45) is 0.750. The third kappa shape index (κ3) is 2.40. The molecule has 0 saturated carbocycles. The van der Waals surface area contributed by atoms with Gasteiger partial charge in [-0.2, -0.15) is 0 Å². The highest BCUT2D eigenvalue weighted by Crippen LogP contribution is 2.29. The van der Waals surface area contributed by atoms with Crippen molar-refractivity contribution in [2.24, 2.45) is 0 Å². The summed E-state index contributed by atoms with van der Waals surface area (Å²) in [6, 6.07) is 11.8. The van der Waals surface area contributed by atoms with Crippen LogP contribution >= 0.6 is 0 Å². The molecule has 108 valence electrons. The van der Waals surface area contributed by atoms with Gasteiger partial charge in [0.1, 0.15) is 5.75 Å². The van der Waals surface area contributed by atoms with E-state index in [9.17, 15) is 4.79 Å². The van der Waals surface area contributed by atoms with Crippen molar-refractivity contribution in [3.63, 3.8) is 0 Å². The number of hydrogen-bond donors (Lipinski definition) is 1. The molecule has 3 rings (SSSR count). The molecule has 0 saturated heterocycles. The Bertz CT molecular complexity index is 681. The average Bonchev–Trinajstić information content (AvgIpc) is 2.92. The van der Waals surface area contributed by atoms with Gasteiger partial charge in [-0.15, -0.1) is 0 Å². The van der Waals surface area contributed by atoms with E-state index in [0.29, 0.717) is 0 Å². The minimum atomic E-state index is -0.172. The minimum absolute atomic E-state index is 0.148. The molecule has 0 spiro atoms. The van der Waals surface area contributed by atoms with Crippen molar-refractivity contribution in [2.45, 2.75) is 26.3 Å². The standard InChI is InChI=1S/C18H19NO2/c1-11-9-17(21-3)12(2)8-14(11)18(20)16-10-13-6-4-5-7-15(13)19-16/h4-9,16,19H,10H2,1-3H3. The normalized spacial score (nSPS) is 16.2. The van der Waals surface area contributed by atoms with Gasteiger partial charge in [-0.25, -0.2) is 0 Å². The lowest BCUT2D eigenvalue weighted by atomic mass is 9.95. The highest BCUT2D eigenvalue weighted by atomic mass is 16.5. The lowest BCUT2D eigenvalue weighted by Gasteiger charge is -2.14. The van der Waals surface area contributed by atoms with Gasteiger partial charge in [0.2, 0.25) is 0 Å². The summed E-state index contributed by atoms with van der Waals surface area (Å²) in [5.74, 6) is 0.973. The van der Waals surface area contributed by atoms with Gasteiger partial charge in [0.05, 0.1) is 13.2 Å². The van der Waals surface area contributed by atoms with Gasteiger partial charge in [0, 0.05) is 17.7 Å². The minimum Gasteiger partial charge on any atom is -0.496 e. The molecule has 0 aliphatic carbocycles. The van der Waals surface area contributed by atoms with Gasteiger partial charge in [0.15, 0.2) is 5.78 Å². The van der Waals surface area contributed by atoms with Gasteiger partial charge in [0.25, 0.3) is 0 Å². The van der Waals surface area contributed by atoms with Crippen molar-refractivity contribution in [1.29, 1.82) is 0 Å². The van der Waals surface area contributed by atoms with E-state index in [1.165, 1.54) is 5.56 Å². The number of ketones is 1. The first-order chi connectivity index (χ1) is 10.1. The number of Topliss-reactive ketones (excluding diaryl/α,β-unsaturated/α-hetero) is 1. The van der Waals surface area contributed by atoms with Crippen LogP contribution in [0.25, 0.3) is 0 Å². The summed E-state index contributed by atoms with van der Waals surface area (Å²) >= 11 is 0. The van der Waals surface area contributed by atoms with Crippen molar-refractivity contribution < 1.29 is 9.53 Å². The molecule has 0 aromatic heterocycles. The Morgan fingerprint density at radius 1 is 1.19 bits per heavy atom. The number of ether oxygens (including phenoxy) is 1. The number of benzene rings is 2. The average molecular weight is 281 g/mol. The molecule has 0 bridgehead atoms. The Kier molecular flexibility index (Phi) is 3.42. The van der Waals surface area contributed by atoms with Gasteiger partial charge >= 0.3 is 0 Å². The topological polar surface area (TPSA) is 38.3 Å². The van der Waals surface area contributed by atoms with Crippen molar-refractivity contribution in [2.75, 3.05) is 12.4 Å². The first-order valence-electron chi connectivity index (χ1n) is 7.14. The van der Waals surface area contributed by atoms with E-state index >= 15 is 0 Å². The lowest BCUT2D eigenvalue weighted by molar-refractivity contribution is 0.0971. The summed E-state index contributed by atoms with van der Waals surface area (Å²) in [4.78, 5) is 12.8. The second-order valence-electron chi connectivity index (χ2n) is 5.56. The molecule has 1 atom stereocenters. The molecular formula is C18H19NO2. The Hall–Kier alpha value is -2.29. The molecule has 1 N–H and O–H groups in total. The first-order valence-corrected chi connectivity index (χ1v) is 7.14. The molecule has 0 fully saturated rings. The molecule has 1 aliphatic rings. The van der Waals surface area contributed by atoms with E-state index in [1.54, 1.807) is 7.11 Å². The Morgan fingerprint density at radius 3 is 2.67 bits per heavy atom. The monoisotopic (exact) mass is 281 g/mol. The van der Waals surface area contributed by atoms with Crippen LogP contribution in [-0.2, 0) is 6.42 Å². The first kappa shape index (κ1) is 13.7. The zero-order valence-electron chi connectivity index (χ0n) is 12.6. The van der Waals surface area contributed by atoms with Gasteiger partial charge in [-0.3, -0.25) is 4.79 Å². The number of carbonyl (C=O) groups is 1. The number of anilines is 1. The predicted octanol–water partition coefficient (Wildman–Crippen LogP) is 3.53. The third-order valence-electron chi connectivity index (χ3n) is 4.09. The van der Waals surface area contributed by atoms with Gasteiger partial charge in [-0.1, -0.05) is 18.2 Å². The fourth-order valence-corrected chi connectivity index (χ4v) is 2.92. The van der Waals surface area contributed by atoms with Crippen LogP contribution in [0.3, 0.4) is 0 Å². The van der Waals surface area contributed by atoms with Crippen LogP contribution < -0.4 is 10.1 Å². The summed E-state index contributed by atoms with van der Waals surface area (Å²) in [7, 11) is 1.65. The Morgan fingerprint density at radius 2 is 1.95 bits per heavy atom. The Labute approximate surface area is 124 Å². The van der Waals surface area contributed by atoms with Crippen LogP contribution in [0, 0.1) is 13.8 Å². The van der Waals surface area contributed by atoms with Crippen LogP contribution in [-0.4, -0.2) is 18.9 Å². The molecule has 1 heterocycles. The highest BCUT2D eigenvalue weighted by Gasteiger charge is 2.28. The maximum atomic E-state index is 12.8. The number of rotatable bonds is 3. The van der Waals surface area contributed by atoms with Crippen LogP contribution in [0.15, 0.2) is 36.4 Å². The second-order valence-corrected chi connectivity index (χ2v) is 5.56. The van der Waals surface area contributed by atoms with Crippen molar-refractivity contribution in [3.8, 4) is 5.75 Å². The number of para-hydroxylation sites is 1. The number of fused-ring (bicyclic) bond motifs is 1. The number of carbonyl (C=O) groups excluding carboxylic acids is 1. The van der Waals surface area contributed by atoms with E-state index in [0.717, 1.165) is 34.5 Å². The summed E-state index contributed by atoms with van der Waals surface area (Å²) < 4.78 is 5.31. The SMILES string of the molecule is COc1cc(C)c(C(=O)C2Cc3ccccc3N2)cc1C. The van der Waals surface area contributed by atoms with E-state index in [1.807, 2.05) is 44.2 Å². The van der Waals surface area contributed by atoms with Crippen LogP contribution in [0.4, 0.5) is 5.69 Å². The van der Waals surface area contributed by atoms with E-state index in [4.69, 9.17) is 4.74 Å². The number of methoxy groups -OCH3 is 1. The largest absolute Gasteiger partial charge is 0.496 e. The lowest BCUT2D eigenvalue weighted by Crippen LogP contribution is -2.27. The molecule has 2 aromatic carbocycles. The quantitative estimate of drug-likeness (QED) is 0.875. The molecular weight excluding hydrogens is 262 g/mol. The van der Waals surface area contributed by atoms with Crippen LogP contribution in [0.5, 0.6) is 5.75 Å². The fraction of sp³-hybridized carbons (Fsp3) is 0.278. The summed E-state index contributed by atoms with van der Waals surface area (Å²) in [6.45, 7) is 3.92. The number of hydrogen-bond acceptors (Lipinski definition) is 3. The van der Waals surface area contributed by atoms with Crippen molar-refractivity contribution >= 4 is 11.5 Å². The summed E-state index contributed by atoms with van der Waals surface area (Å²) in [5.41, 5.74) is 5.00. The fourth-order valence-electron chi connectivity index (χ4n) is 2.92. The Balaban J connectivity index is 1.89. The predicted molar refractivity (Wildman–Crippen MR) is 84.4 cm³/mol. The van der Waals surface area contributed by atoms with Gasteiger partial charge in [-0.05, 0) is 48.7 Å². The summed E-state index contributed by atoms with van der Waals surface area (Å²) in [5, 5.41) is 3.33. The molecule has 0 amide bonds. The van der Waals surface area contributed by atoms with E-state index < -0.39 is 0 Å². The number of nitrogens with one attached hydrogen (secondary N) is 1. The molecule has 1 aliphatic heterocycles. The van der Waals surface area contributed by atoms with Crippen molar-refractivity contribution in [1.82, 2.24) is 0 Å². The smallest absolute Gasteiger partial charge is 0.185 e. The highest BCUT2D eigenvalue weighted by molar-refractivity contribution is 6.04. The number of aryl methyl sites for hydroxylation is 2. The zero-order valence-corrected chi connectivity index (χ0v) is 12.6. The molecule has 1 unspecified atom stereocenters. The van der Waals surface area contributed by atoms with Crippen molar-refractivity contribution in [3.05, 3.63) is 58.7 Å². The molecule has 3 heteroatoms.